The van der Waals surface area contributed by atoms with Gasteiger partial charge in [-0.3, -0.25) is 0 Å². The molecule has 1 aromatic rings. The molecule has 1 atom stereocenters. The highest BCUT2D eigenvalue weighted by molar-refractivity contribution is 7.09. The zero-order valence-electron chi connectivity index (χ0n) is 15.1. The van der Waals surface area contributed by atoms with Gasteiger partial charge in [0.2, 0.25) is 0 Å². The van der Waals surface area contributed by atoms with Gasteiger partial charge in [-0.1, -0.05) is 34.6 Å². The maximum Gasteiger partial charge on any atom is 0.0944 e. The number of nitrogens with zero attached hydrogens (tertiary/aromatic N) is 2. The maximum absolute atomic E-state index is 4.87. The Labute approximate surface area is 135 Å². The van der Waals surface area contributed by atoms with Gasteiger partial charge in [-0.2, -0.15) is 0 Å². The maximum atomic E-state index is 4.87. The summed E-state index contributed by atoms with van der Waals surface area (Å²) in [6.45, 7) is 11.3. The van der Waals surface area contributed by atoms with Gasteiger partial charge in [0.05, 0.1) is 10.7 Å². The minimum atomic E-state index is 0.137. The van der Waals surface area contributed by atoms with E-state index < -0.39 is 0 Å². The normalized spacial score (nSPS) is 14.7. The molecule has 0 aromatic carbocycles. The third-order valence-electron chi connectivity index (χ3n) is 4.81. The lowest BCUT2D eigenvalue weighted by Crippen LogP contribution is -2.58. The molecular formula is C17H33N3S. The molecule has 0 aliphatic carbocycles. The van der Waals surface area contributed by atoms with Crippen LogP contribution < -0.4 is 5.32 Å². The number of aromatic nitrogens is 1. The molecule has 122 valence electrons. The second-order valence-electron chi connectivity index (χ2n) is 7.13. The Morgan fingerprint density at radius 3 is 2.14 bits per heavy atom. The van der Waals surface area contributed by atoms with Crippen LogP contribution in [-0.4, -0.2) is 42.6 Å². The van der Waals surface area contributed by atoms with E-state index in [0.29, 0.717) is 6.04 Å². The van der Waals surface area contributed by atoms with Crippen molar-refractivity contribution in [3.63, 3.8) is 0 Å². The van der Waals surface area contributed by atoms with E-state index in [-0.39, 0.29) is 11.0 Å². The van der Waals surface area contributed by atoms with Gasteiger partial charge >= 0.3 is 0 Å². The third-order valence-corrected chi connectivity index (χ3v) is 5.68. The summed E-state index contributed by atoms with van der Waals surface area (Å²) in [5, 5.41) is 7.01. The molecule has 1 unspecified atom stereocenters. The summed E-state index contributed by atoms with van der Waals surface area (Å²) < 4.78 is 0. The van der Waals surface area contributed by atoms with Gasteiger partial charge in [-0.25, -0.2) is 4.98 Å². The molecule has 0 radical (unpaired) electrons. The summed E-state index contributed by atoms with van der Waals surface area (Å²) >= 11 is 1.80. The topological polar surface area (TPSA) is 28.2 Å². The van der Waals surface area contributed by atoms with Crippen LogP contribution in [-0.2, 0) is 11.8 Å². The minimum Gasteiger partial charge on any atom is -0.315 e. The summed E-state index contributed by atoms with van der Waals surface area (Å²) in [7, 11) is 6.46. The fourth-order valence-electron chi connectivity index (χ4n) is 3.17. The van der Waals surface area contributed by atoms with Gasteiger partial charge in [0.15, 0.2) is 0 Å². The first-order valence-corrected chi connectivity index (χ1v) is 8.88. The quantitative estimate of drug-likeness (QED) is 0.832. The summed E-state index contributed by atoms with van der Waals surface area (Å²) in [6, 6.07) is 0.418. The van der Waals surface area contributed by atoms with Crippen LogP contribution in [0, 0.1) is 0 Å². The Hall–Kier alpha value is -0.450. The highest BCUT2D eigenvalue weighted by atomic mass is 32.1. The van der Waals surface area contributed by atoms with Crippen LogP contribution in [0.3, 0.4) is 0 Å². The molecule has 21 heavy (non-hydrogen) atoms. The van der Waals surface area contributed by atoms with E-state index in [1.807, 2.05) is 0 Å². The Morgan fingerprint density at radius 1 is 1.24 bits per heavy atom. The standard InChI is InChI=1S/C17H33N3S/c1-9-17(10-2,20(7)8)13(18-6)11-15-19-14(12-21-15)16(3,4)5/h12-13,18H,9-11H2,1-8H3. The van der Waals surface area contributed by atoms with E-state index in [9.17, 15) is 0 Å². The summed E-state index contributed by atoms with van der Waals surface area (Å²) in [5.74, 6) is 0. The molecule has 0 aliphatic rings. The van der Waals surface area contributed by atoms with Gasteiger partial charge in [0.1, 0.15) is 0 Å². The third kappa shape index (κ3) is 4.05. The van der Waals surface area contributed by atoms with Crippen LogP contribution in [0.1, 0.15) is 58.2 Å². The molecule has 0 saturated heterocycles. The second kappa shape index (κ2) is 7.21. The van der Waals surface area contributed by atoms with Crippen molar-refractivity contribution in [3.05, 3.63) is 16.1 Å². The zero-order valence-corrected chi connectivity index (χ0v) is 15.9. The first-order chi connectivity index (χ1) is 9.71. The number of thiazole rings is 1. The molecule has 3 nitrogen and oxygen atoms in total. The monoisotopic (exact) mass is 311 g/mol. The molecule has 4 heteroatoms. The number of nitrogens with one attached hydrogen (secondary N) is 1. The predicted octanol–water partition coefficient (Wildman–Crippen LogP) is 3.69. The van der Waals surface area contributed by atoms with Crippen LogP contribution in [0.4, 0.5) is 0 Å². The van der Waals surface area contributed by atoms with Gasteiger partial charge in [-0.15, -0.1) is 11.3 Å². The van der Waals surface area contributed by atoms with Crippen LogP contribution in [0.5, 0.6) is 0 Å². The number of hydrogen-bond acceptors (Lipinski definition) is 4. The van der Waals surface area contributed by atoms with Gasteiger partial charge in [0, 0.05) is 28.8 Å². The van der Waals surface area contributed by atoms with Crippen molar-refractivity contribution in [2.24, 2.45) is 0 Å². The molecular weight excluding hydrogens is 278 g/mol. The van der Waals surface area contributed by atoms with Gasteiger partial charge < -0.3 is 10.2 Å². The van der Waals surface area contributed by atoms with E-state index >= 15 is 0 Å². The number of rotatable bonds is 7. The fourth-order valence-corrected chi connectivity index (χ4v) is 4.24. The van der Waals surface area contributed by atoms with Gasteiger partial charge in [0.25, 0.3) is 0 Å². The minimum absolute atomic E-state index is 0.137. The Balaban J connectivity index is 2.99. The predicted molar refractivity (Wildman–Crippen MR) is 94.4 cm³/mol. The van der Waals surface area contributed by atoms with Crippen molar-refractivity contribution in [1.29, 1.82) is 0 Å². The molecule has 0 aliphatic heterocycles. The van der Waals surface area contributed by atoms with Crippen LogP contribution >= 0.6 is 11.3 Å². The first kappa shape index (κ1) is 18.6. The summed E-state index contributed by atoms with van der Waals surface area (Å²) in [4.78, 5) is 7.25. The zero-order chi connectivity index (χ0) is 16.3. The lowest BCUT2D eigenvalue weighted by atomic mass is 9.81. The number of hydrogen-bond donors (Lipinski definition) is 1. The lowest BCUT2D eigenvalue weighted by molar-refractivity contribution is 0.0917. The Morgan fingerprint density at radius 2 is 1.81 bits per heavy atom. The Bertz CT molecular complexity index is 427. The van der Waals surface area contributed by atoms with Crippen molar-refractivity contribution < 1.29 is 0 Å². The van der Waals surface area contributed by atoms with Gasteiger partial charge in [-0.05, 0) is 34.0 Å². The van der Waals surface area contributed by atoms with Crippen LogP contribution in [0.25, 0.3) is 0 Å². The van der Waals surface area contributed by atoms with Crippen molar-refractivity contribution in [1.82, 2.24) is 15.2 Å². The van der Waals surface area contributed by atoms with Crippen molar-refractivity contribution in [2.75, 3.05) is 21.1 Å². The van der Waals surface area contributed by atoms with Crippen molar-refractivity contribution in [2.45, 2.75) is 70.9 Å². The molecule has 1 heterocycles. The largest absolute Gasteiger partial charge is 0.315 e. The Kier molecular flexibility index (Phi) is 6.38. The molecule has 0 bridgehead atoms. The van der Waals surface area contributed by atoms with E-state index in [2.05, 4.69) is 71.4 Å². The van der Waals surface area contributed by atoms with Crippen LogP contribution in [0.15, 0.2) is 5.38 Å². The number of likely N-dealkylation sites (N-methyl/N-ethyl adjacent to an activating group) is 2. The molecule has 0 amide bonds. The molecule has 1 aromatic heterocycles. The molecule has 0 saturated carbocycles. The second-order valence-corrected chi connectivity index (χ2v) is 8.07. The fraction of sp³-hybridized carbons (Fsp3) is 0.824. The molecule has 0 fully saturated rings. The van der Waals surface area contributed by atoms with E-state index in [4.69, 9.17) is 4.98 Å². The van der Waals surface area contributed by atoms with E-state index in [0.717, 1.165) is 19.3 Å². The van der Waals surface area contributed by atoms with E-state index in [1.54, 1.807) is 11.3 Å². The smallest absolute Gasteiger partial charge is 0.0944 e. The highest BCUT2D eigenvalue weighted by Gasteiger charge is 2.37. The molecule has 1 N–H and O–H groups in total. The highest BCUT2D eigenvalue weighted by Crippen LogP contribution is 2.30. The van der Waals surface area contributed by atoms with Crippen molar-refractivity contribution in [3.8, 4) is 0 Å². The lowest BCUT2D eigenvalue weighted by Gasteiger charge is -2.45. The first-order valence-electron chi connectivity index (χ1n) is 8.00. The van der Waals surface area contributed by atoms with E-state index in [1.165, 1.54) is 10.7 Å². The molecule has 1 rings (SSSR count). The average Bonchev–Trinajstić information content (AvgIpc) is 2.87. The molecule has 0 spiro atoms. The average molecular weight is 312 g/mol. The summed E-state index contributed by atoms with van der Waals surface area (Å²) in [5.41, 5.74) is 1.53. The van der Waals surface area contributed by atoms with Crippen molar-refractivity contribution >= 4 is 11.3 Å². The summed E-state index contributed by atoms with van der Waals surface area (Å²) in [6.07, 6.45) is 3.27. The SMILES string of the molecule is CCC(CC)(C(Cc1nc(C(C)(C)C)cs1)NC)N(C)C. The van der Waals surface area contributed by atoms with Crippen LogP contribution in [0.2, 0.25) is 0 Å².